The molecule has 3 aromatic carbocycles. The third-order valence-corrected chi connectivity index (χ3v) is 4.98. The number of rotatable bonds is 4. The molecule has 1 heterocycles. The van der Waals surface area contributed by atoms with E-state index in [1.54, 1.807) is 0 Å². The van der Waals surface area contributed by atoms with Crippen LogP contribution in [0.25, 0.3) is 16.5 Å². The second-order valence-electron chi connectivity index (χ2n) is 6.48. The van der Waals surface area contributed by atoms with E-state index < -0.39 is 6.04 Å². The van der Waals surface area contributed by atoms with Crippen molar-refractivity contribution in [3.63, 3.8) is 0 Å². The van der Waals surface area contributed by atoms with Gasteiger partial charge in [-0.25, -0.2) is 4.79 Å². The Hall–Kier alpha value is -3.18. The van der Waals surface area contributed by atoms with Gasteiger partial charge < -0.3 is 15.4 Å². The summed E-state index contributed by atoms with van der Waals surface area (Å²) < 4.78 is 5.41. The molecule has 2 N–H and O–H groups in total. The molecule has 4 rings (SSSR count). The van der Waals surface area contributed by atoms with Gasteiger partial charge in [-0.3, -0.25) is 0 Å². The minimum absolute atomic E-state index is 0.303. The molecule has 0 saturated heterocycles. The summed E-state index contributed by atoms with van der Waals surface area (Å²) in [7, 11) is 0. The lowest BCUT2D eigenvalue weighted by atomic mass is 9.90. The summed E-state index contributed by atoms with van der Waals surface area (Å²) in [6.45, 7) is 2.11. The van der Waals surface area contributed by atoms with Gasteiger partial charge in [0.15, 0.2) is 5.11 Å². The van der Waals surface area contributed by atoms with E-state index in [-0.39, 0.29) is 5.97 Å². The smallest absolute Gasteiger partial charge is 0.338 e. The van der Waals surface area contributed by atoms with Crippen LogP contribution in [0, 0.1) is 0 Å². The Morgan fingerprint density at radius 1 is 1.00 bits per heavy atom. The van der Waals surface area contributed by atoms with Crippen LogP contribution in [0.1, 0.15) is 24.1 Å². The predicted octanol–water partition coefficient (Wildman–Crippen LogP) is 4.33. The molecule has 0 fully saturated rings. The first-order valence-electron chi connectivity index (χ1n) is 9.21. The Balaban J connectivity index is 1.96. The Labute approximate surface area is 169 Å². The summed E-state index contributed by atoms with van der Waals surface area (Å²) in [4.78, 5) is 13.0. The maximum atomic E-state index is 13.0. The molecule has 0 spiro atoms. The molecule has 140 valence electrons. The Kier molecular flexibility index (Phi) is 5.08. The number of carbonyl (C=O) groups excluding carboxylic acids is 1. The number of nitrogens with one attached hydrogen (secondary N) is 2. The molecule has 0 aromatic heterocycles. The quantitative estimate of drug-likeness (QED) is 0.515. The number of hydrogen-bond donors (Lipinski definition) is 2. The van der Waals surface area contributed by atoms with Crippen LogP contribution in [0.3, 0.4) is 0 Å². The largest absolute Gasteiger partial charge is 0.463 e. The standard InChI is InChI=1S/C23H20N2O2S/c1-2-27-22(26)19-20(16-10-4-3-5-11-16)24-23(28)25-21(19)18-14-8-12-15-9-6-7-13-17(15)18/h3-14,21H,2H2,1H3,(H2,24,25,28). The molecule has 1 aliphatic rings. The van der Waals surface area contributed by atoms with E-state index in [2.05, 4.69) is 28.8 Å². The molecule has 1 aliphatic heterocycles. The van der Waals surface area contributed by atoms with E-state index in [4.69, 9.17) is 17.0 Å². The molecule has 0 saturated carbocycles. The fourth-order valence-corrected chi connectivity index (χ4v) is 3.78. The van der Waals surface area contributed by atoms with Crippen LogP contribution in [-0.4, -0.2) is 17.7 Å². The van der Waals surface area contributed by atoms with Gasteiger partial charge >= 0.3 is 5.97 Å². The topological polar surface area (TPSA) is 50.4 Å². The summed E-state index contributed by atoms with van der Waals surface area (Å²) in [6, 6.07) is 23.5. The van der Waals surface area contributed by atoms with Gasteiger partial charge in [0.1, 0.15) is 0 Å². The monoisotopic (exact) mass is 388 g/mol. The maximum Gasteiger partial charge on any atom is 0.338 e. The summed E-state index contributed by atoms with van der Waals surface area (Å²) in [6.07, 6.45) is 0. The van der Waals surface area contributed by atoms with Crippen LogP contribution >= 0.6 is 12.2 Å². The first kappa shape index (κ1) is 18.2. The third-order valence-electron chi connectivity index (χ3n) is 4.76. The minimum atomic E-state index is -0.408. The van der Waals surface area contributed by atoms with Crippen molar-refractivity contribution >= 4 is 39.8 Å². The van der Waals surface area contributed by atoms with E-state index >= 15 is 0 Å². The number of hydrogen-bond acceptors (Lipinski definition) is 3. The summed E-state index contributed by atoms with van der Waals surface area (Å²) >= 11 is 5.48. The molecular formula is C23H20N2O2S. The van der Waals surface area contributed by atoms with Gasteiger partial charge in [-0.15, -0.1) is 0 Å². The van der Waals surface area contributed by atoms with Gasteiger partial charge in [0.2, 0.25) is 0 Å². The normalized spacial score (nSPS) is 16.5. The van der Waals surface area contributed by atoms with Crippen molar-refractivity contribution in [2.45, 2.75) is 13.0 Å². The Bertz CT molecular complexity index is 1070. The summed E-state index contributed by atoms with van der Waals surface area (Å²) in [5.41, 5.74) is 3.08. The highest BCUT2D eigenvalue weighted by Crippen LogP contribution is 2.35. The Morgan fingerprint density at radius 2 is 1.71 bits per heavy atom. The van der Waals surface area contributed by atoms with E-state index in [0.29, 0.717) is 23.0 Å². The molecule has 4 nitrogen and oxygen atoms in total. The van der Waals surface area contributed by atoms with Crippen molar-refractivity contribution in [2.75, 3.05) is 6.61 Å². The average Bonchev–Trinajstić information content (AvgIpc) is 2.73. The molecule has 1 unspecified atom stereocenters. The van der Waals surface area contributed by atoms with Crippen LogP contribution in [0.5, 0.6) is 0 Å². The second-order valence-corrected chi connectivity index (χ2v) is 6.88. The first-order chi connectivity index (χ1) is 13.7. The van der Waals surface area contributed by atoms with E-state index in [1.165, 1.54) is 0 Å². The highest BCUT2D eigenvalue weighted by molar-refractivity contribution is 7.80. The predicted molar refractivity (Wildman–Crippen MR) is 116 cm³/mol. The van der Waals surface area contributed by atoms with Crippen molar-refractivity contribution in [3.8, 4) is 0 Å². The fraction of sp³-hybridized carbons (Fsp3) is 0.130. The number of esters is 1. The van der Waals surface area contributed by atoms with E-state index in [9.17, 15) is 4.79 Å². The number of carbonyl (C=O) groups is 1. The lowest BCUT2D eigenvalue weighted by Crippen LogP contribution is -2.45. The molecule has 1 atom stereocenters. The van der Waals surface area contributed by atoms with Crippen molar-refractivity contribution < 1.29 is 9.53 Å². The van der Waals surface area contributed by atoms with Crippen LogP contribution in [0.4, 0.5) is 0 Å². The van der Waals surface area contributed by atoms with Gasteiger partial charge in [-0.2, -0.15) is 0 Å². The highest BCUT2D eigenvalue weighted by atomic mass is 32.1. The molecule has 5 heteroatoms. The molecule has 28 heavy (non-hydrogen) atoms. The van der Waals surface area contributed by atoms with Gasteiger partial charge in [0.05, 0.1) is 23.9 Å². The zero-order valence-electron chi connectivity index (χ0n) is 15.4. The molecular weight excluding hydrogens is 368 g/mol. The number of ether oxygens (including phenoxy) is 1. The first-order valence-corrected chi connectivity index (χ1v) is 9.61. The van der Waals surface area contributed by atoms with Crippen LogP contribution in [-0.2, 0) is 9.53 Å². The minimum Gasteiger partial charge on any atom is -0.463 e. The lowest BCUT2D eigenvalue weighted by Gasteiger charge is -2.31. The van der Waals surface area contributed by atoms with Crippen molar-refractivity contribution in [3.05, 3.63) is 89.5 Å². The zero-order chi connectivity index (χ0) is 19.5. The van der Waals surface area contributed by atoms with Crippen LogP contribution in [0.2, 0.25) is 0 Å². The van der Waals surface area contributed by atoms with E-state index in [1.807, 2.05) is 61.5 Å². The van der Waals surface area contributed by atoms with Crippen molar-refractivity contribution in [1.82, 2.24) is 10.6 Å². The number of thiocarbonyl (C=S) groups is 1. The third kappa shape index (κ3) is 3.37. The van der Waals surface area contributed by atoms with Gasteiger partial charge in [-0.1, -0.05) is 72.8 Å². The van der Waals surface area contributed by atoms with Crippen LogP contribution in [0.15, 0.2) is 78.4 Å². The number of benzene rings is 3. The molecule has 0 amide bonds. The molecule has 0 bridgehead atoms. The molecule has 0 aliphatic carbocycles. The summed E-state index contributed by atoms with van der Waals surface area (Å²) in [5, 5.41) is 9.10. The maximum absolute atomic E-state index is 13.0. The van der Waals surface area contributed by atoms with Crippen LogP contribution < -0.4 is 10.6 Å². The fourth-order valence-electron chi connectivity index (χ4n) is 3.56. The number of fused-ring (bicyclic) bond motifs is 1. The van der Waals surface area contributed by atoms with E-state index in [0.717, 1.165) is 21.9 Å². The average molecular weight is 388 g/mol. The SMILES string of the molecule is CCOC(=O)C1=C(c2ccccc2)NC(=S)NC1c1cccc2ccccc12. The zero-order valence-corrected chi connectivity index (χ0v) is 16.3. The lowest BCUT2D eigenvalue weighted by molar-refractivity contribution is -0.138. The van der Waals surface area contributed by atoms with Gasteiger partial charge in [0.25, 0.3) is 0 Å². The van der Waals surface area contributed by atoms with Gasteiger partial charge in [-0.05, 0) is 41.0 Å². The molecule has 0 radical (unpaired) electrons. The second kappa shape index (κ2) is 7.82. The van der Waals surface area contributed by atoms with Gasteiger partial charge in [0, 0.05) is 0 Å². The van der Waals surface area contributed by atoms with Crippen molar-refractivity contribution in [1.29, 1.82) is 0 Å². The summed E-state index contributed by atoms with van der Waals surface area (Å²) in [5.74, 6) is -0.359. The highest BCUT2D eigenvalue weighted by Gasteiger charge is 2.33. The molecule has 3 aromatic rings. The Morgan fingerprint density at radius 3 is 2.50 bits per heavy atom. The van der Waals surface area contributed by atoms with Crippen molar-refractivity contribution in [2.24, 2.45) is 0 Å².